The predicted octanol–water partition coefficient (Wildman–Crippen LogP) is 3.68. The molecule has 0 bridgehead atoms. The summed E-state index contributed by atoms with van der Waals surface area (Å²) >= 11 is 0. The summed E-state index contributed by atoms with van der Waals surface area (Å²) in [5.41, 5.74) is 1.88. The number of rotatable bonds is 6. The molecule has 0 aliphatic rings. The fourth-order valence-corrected chi connectivity index (χ4v) is 2.06. The monoisotopic (exact) mass is 274 g/mol. The Morgan fingerprint density at radius 2 is 2.00 bits per heavy atom. The van der Waals surface area contributed by atoms with Crippen LogP contribution in [-0.4, -0.2) is 24.2 Å². The number of H-pyrrole nitrogens is 1. The van der Waals surface area contributed by atoms with E-state index in [4.69, 9.17) is 9.47 Å². The predicted molar refractivity (Wildman–Crippen MR) is 80.3 cm³/mol. The van der Waals surface area contributed by atoms with Crippen molar-refractivity contribution < 1.29 is 9.47 Å². The van der Waals surface area contributed by atoms with Crippen LogP contribution in [0.5, 0.6) is 11.5 Å². The van der Waals surface area contributed by atoms with E-state index in [0.29, 0.717) is 5.92 Å². The van der Waals surface area contributed by atoms with E-state index in [2.05, 4.69) is 23.8 Å². The molecule has 1 aromatic heterocycles. The highest BCUT2D eigenvalue weighted by Crippen LogP contribution is 2.32. The molecule has 2 aromatic rings. The van der Waals surface area contributed by atoms with Crippen molar-refractivity contribution in [3.8, 4) is 22.8 Å². The van der Waals surface area contributed by atoms with Crippen LogP contribution in [0.1, 0.15) is 26.1 Å². The van der Waals surface area contributed by atoms with Crippen molar-refractivity contribution in [2.45, 2.75) is 26.7 Å². The molecule has 2 rings (SSSR count). The van der Waals surface area contributed by atoms with Gasteiger partial charge in [0.2, 0.25) is 0 Å². The van der Waals surface area contributed by atoms with Gasteiger partial charge in [-0.15, -0.1) is 0 Å². The summed E-state index contributed by atoms with van der Waals surface area (Å²) in [6.07, 6.45) is 4.03. The van der Waals surface area contributed by atoms with Crippen LogP contribution in [0.3, 0.4) is 0 Å². The van der Waals surface area contributed by atoms with Crippen LogP contribution in [0, 0.1) is 5.92 Å². The molecule has 1 aromatic carbocycles. The van der Waals surface area contributed by atoms with Crippen LogP contribution in [0.15, 0.2) is 24.4 Å². The number of aryl methyl sites for hydroxylation is 1. The first-order chi connectivity index (χ1) is 9.63. The van der Waals surface area contributed by atoms with Crippen LogP contribution < -0.4 is 9.47 Å². The van der Waals surface area contributed by atoms with E-state index in [0.717, 1.165) is 41.4 Å². The van der Waals surface area contributed by atoms with Gasteiger partial charge in [-0.05, 0) is 24.5 Å². The van der Waals surface area contributed by atoms with E-state index >= 15 is 0 Å². The molecule has 0 aliphatic carbocycles. The van der Waals surface area contributed by atoms with E-state index in [1.165, 1.54) is 0 Å². The Morgan fingerprint density at radius 3 is 2.65 bits per heavy atom. The molecule has 0 saturated heterocycles. The Morgan fingerprint density at radius 1 is 1.20 bits per heavy atom. The third-order valence-electron chi connectivity index (χ3n) is 3.27. The smallest absolute Gasteiger partial charge is 0.132 e. The van der Waals surface area contributed by atoms with Gasteiger partial charge in [0.15, 0.2) is 0 Å². The van der Waals surface area contributed by atoms with Gasteiger partial charge in [-0.2, -0.15) is 0 Å². The lowest BCUT2D eigenvalue weighted by molar-refractivity contribution is 0.395. The molecule has 0 radical (unpaired) electrons. The average molecular weight is 274 g/mol. The fraction of sp³-hybridized carbons (Fsp3) is 0.438. The average Bonchev–Trinajstić information content (AvgIpc) is 2.93. The maximum atomic E-state index is 5.42. The highest BCUT2D eigenvalue weighted by atomic mass is 16.5. The Balaban J connectivity index is 2.23. The van der Waals surface area contributed by atoms with Crippen molar-refractivity contribution in [3.05, 3.63) is 30.2 Å². The quantitative estimate of drug-likeness (QED) is 0.874. The van der Waals surface area contributed by atoms with Gasteiger partial charge in [-0.3, -0.25) is 0 Å². The van der Waals surface area contributed by atoms with E-state index in [-0.39, 0.29) is 0 Å². The maximum Gasteiger partial charge on any atom is 0.132 e. The van der Waals surface area contributed by atoms with Crippen molar-refractivity contribution in [2.24, 2.45) is 5.92 Å². The van der Waals surface area contributed by atoms with Crippen molar-refractivity contribution in [1.29, 1.82) is 0 Å². The van der Waals surface area contributed by atoms with Crippen molar-refractivity contribution >= 4 is 0 Å². The van der Waals surface area contributed by atoms with Gasteiger partial charge in [0, 0.05) is 24.2 Å². The third kappa shape index (κ3) is 3.32. The summed E-state index contributed by atoms with van der Waals surface area (Å²) in [6.45, 7) is 4.44. The first-order valence-corrected chi connectivity index (χ1v) is 6.90. The Labute approximate surface area is 120 Å². The molecule has 0 amide bonds. The highest BCUT2D eigenvalue weighted by molar-refractivity contribution is 5.68. The summed E-state index contributed by atoms with van der Waals surface area (Å²) < 4.78 is 10.6. The van der Waals surface area contributed by atoms with E-state index in [1.807, 2.05) is 24.4 Å². The normalized spacial score (nSPS) is 10.8. The van der Waals surface area contributed by atoms with Crippen LogP contribution in [0.2, 0.25) is 0 Å². The summed E-state index contributed by atoms with van der Waals surface area (Å²) in [6, 6.07) is 5.76. The number of aromatic amines is 1. The lowest BCUT2D eigenvalue weighted by atomic mass is 10.1. The number of hydrogen-bond acceptors (Lipinski definition) is 3. The zero-order chi connectivity index (χ0) is 14.5. The number of benzene rings is 1. The van der Waals surface area contributed by atoms with Gasteiger partial charge in [0.1, 0.15) is 17.3 Å². The molecule has 1 N–H and O–H groups in total. The zero-order valence-electron chi connectivity index (χ0n) is 12.6. The molecule has 1 heterocycles. The van der Waals surface area contributed by atoms with Gasteiger partial charge < -0.3 is 14.5 Å². The van der Waals surface area contributed by atoms with Crippen LogP contribution >= 0.6 is 0 Å². The fourth-order valence-electron chi connectivity index (χ4n) is 2.06. The Bertz CT molecular complexity index is 561. The first kappa shape index (κ1) is 14.4. The molecule has 4 nitrogen and oxygen atoms in total. The van der Waals surface area contributed by atoms with Crippen LogP contribution in [-0.2, 0) is 6.42 Å². The Hall–Kier alpha value is -1.97. The molecule has 0 saturated carbocycles. The summed E-state index contributed by atoms with van der Waals surface area (Å²) in [4.78, 5) is 7.88. The minimum absolute atomic E-state index is 0.680. The summed E-state index contributed by atoms with van der Waals surface area (Å²) in [7, 11) is 3.30. The number of ether oxygens (including phenoxy) is 2. The van der Waals surface area contributed by atoms with Gasteiger partial charge in [-0.1, -0.05) is 13.8 Å². The molecular weight excluding hydrogens is 252 g/mol. The second-order valence-electron chi connectivity index (χ2n) is 5.23. The Kier molecular flexibility index (Phi) is 4.66. The molecular formula is C16H22N2O2. The van der Waals surface area contributed by atoms with Gasteiger partial charge in [0.05, 0.1) is 19.9 Å². The number of nitrogens with one attached hydrogen (secondary N) is 1. The summed E-state index contributed by atoms with van der Waals surface area (Å²) in [5, 5.41) is 0. The minimum atomic E-state index is 0.680. The molecule has 0 atom stereocenters. The maximum absolute atomic E-state index is 5.42. The van der Waals surface area contributed by atoms with E-state index in [1.54, 1.807) is 14.2 Å². The third-order valence-corrected chi connectivity index (χ3v) is 3.27. The molecule has 0 fully saturated rings. The second-order valence-corrected chi connectivity index (χ2v) is 5.23. The number of aromatic nitrogens is 2. The summed E-state index contributed by atoms with van der Waals surface area (Å²) in [5.74, 6) is 3.25. The standard InChI is InChI=1S/C16H22N2O2/c1-11(2)5-8-16-17-10-14(18-16)13-7-6-12(19-3)9-15(13)20-4/h6-7,9-11H,5,8H2,1-4H3,(H,17,18). The van der Waals surface area contributed by atoms with Gasteiger partial charge in [-0.25, -0.2) is 4.98 Å². The minimum Gasteiger partial charge on any atom is -0.497 e. The van der Waals surface area contributed by atoms with Crippen LogP contribution in [0.4, 0.5) is 0 Å². The zero-order valence-corrected chi connectivity index (χ0v) is 12.6. The van der Waals surface area contributed by atoms with E-state index < -0.39 is 0 Å². The van der Waals surface area contributed by atoms with Gasteiger partial charge in [0.25, 0.3) is 0 Å². The lowest BCUT2D eigenvalue weighted by Gasteiger charge is -2.08. The lowest BCUT2D eigenvalue weighted by Crippen LogP contribution is -1.94. The second kappa shape index (κ2) is 6.46. The van der Waals surface area contributed by atoms with Crippen LogP contribution in [0.25, 0.3) is 11.3 Å². The molecule has 108 valence electrons. The first-order valence-electron chi connectivity index (χ1n) is 6.90. The SMILES string of the molecule is COc1ccc(-c2c[nH]c(CCC(C)C)n2)c(OC)c1. The topological polar surface area (TPSA) is 47.1 Å². The van der Waals surface area contributed by atoms with Gasteiger partial charge >= 0.3 is 0 Å². The number of methoxy groups -OCH3 is 2. The molecule has 0 spiro atoms. The van der Waals surface area contributed by atoms with Crippen molar-refractivity contribution in [1.82, 2.24) is 9.97 Å². The van der Waals surface area contributed by atoms with E-state index in [9.17, 15) is 0 Å². The molecule has 20 heavy (non-hydrogen) atoms. The van der Waals surface area contributed by atoms with Crippen molar-refractivity contribution in [2.75, 3.05) is 14.2 Å². The number of hydrogen-bond donors (Lipinski definition) is 1. The van der Waals surface area contributed by atoms with Crippen molar-refractivity contribution in [3.63, 3.8) is 0 Å². The number of imidazole rings is 1. The highest BCUT2D eigenvalue weighted by Gasteiger charge is 2.11. The molecule has 4 heteroatoms. The molecule has 0 aliphatic heterocycles. The number of nitrogens with zero attached hydrogens (tertiary/aromatic N) is 1. The molecule has 0 unspecified atom stereocenters. The largest absolute Gasteiger partial charge is 0.497 e.